The van der Waals surface area contributed by atoms with Crippen LogP contribution in [-0.2, 0) is 40.5 Å². The van der Waals surface area contributed by atoms with Gasteiger partial charge in [0, 0.05) is 38.0 Å². The first kappa shape index (κ1) is 53.1. The van der Waals surface area contributed by atoms with E-state index in [0.717, 1.165) is 18.2 Å². The number of nitrogens with two attached hydrogens (primary N) is 1. The fourth-order valence-electron chi connectivity index (χ4n) is 5.85. The Labute approximate surface area is 406 Å². The quantitative estimate of drug-likeness (QED) is 0.0824. The predicted octanol–water partition coefficient (Wildman–Crippen LogP) is 0.518. The van der Waals surface area contributed by atoms with Gasteiger partial charge in [-0.15, -0.1) is 20.5 Å². The minimum atomic E-state index is -5.47. The van der Waals surface area contributed by atoms with E-state index in [4.69, 9.17) is 17.3 Å². The van der Waals surface area contributed by atoms with Crippen LogP contribution in [0.1, 0.15) is 0 Å². The largest absolute Gasteiger partial charge is 1.00 e. The summed E-state index contributed by atoms with van der Waals surface area (Å²) in [6.45, 7) is 0. The zero-order chi connectivity index (χ0) is 42.7. The summed E-state index contributed by atoms with van der Waals surface area (Å²) in [5, 5.41) is 19.2. The fraction of sp³-hybridized carbons (Fsp3) is 0. The van der Waals surface area contributed by atoms with Crippen LogP contribution in [0, 0.1) is 0 Å². The first-order chi connectivity index (χ1) is 27.6. The molecule has 23 nitrogen and oxygen atoms in total. The Kier molecular flexibility index (Phi) is 16.8. The molecule has 0 aliphatic heterocycles. The zero-order valence-corrected chi connectivity index (χ0v) is 40.8. The van der Waals surface area contributed by atoms with Crippen molar-refractivity contribution in [1.29, 1.82) is 0 Å². The summed E-state index contributed by atoms with van der Waals surface area (Å²) in [5.74, 6) is -0.233. The van der Waals surface area contributed by atoms with Crippen molar-refractivity contribution in [3.8, 4) is 0 Å². The van der Waals surface area contributed by atoms with Crippen LogP contribution >= 0.6 is 11.6 Å². The summed E-state index contributed by atoms with van der Waals surface area (Å²) < 4.78 is 145. The SMILES string of the molecule is Nc1nc(Cl)nc(Nc2ccc(N=Nc3ccc(N=Nc4c(S(=O)(=O)[O-])ccc5c(S(=O)(=O)[O-])cc(S(=O)(=O)[O-])cc45)c4ccccc34)c3cc(S(=O)(=O)[O-])ccc23)n1.[NH4+].[NH4+].[Na+].[Na+]. The molecule has 63 heavy (non-hydrogen) atoms. The number of rotatable bonds is 10. The number of hydrogen-bond donors (Lipinski definition) is 4. The number of nitrogen functional groups attached to an aromatic ring is 1. The maximum absolute atomic E-state index is 12.3. The van der Waals surface area contributed by atoms with Crippen molar-refractivity contribution >= 4 is 125 Å². The number of quaternary nitrogens is 2. The molecule has 6 aromatic carbocycles. The van der Waals surface area contributed by atoms with E-state index in [2.05, 4.69) is 40.7 Å². The molecule has 318 valence electrons. The van der Waals surface area contributed by atoms with E-state index in [-0.39, 0.29) is 111 Å². The second-order valence-electron chi connectivity index (χ2n) is 12.0. The van der Waals surface area contributed by atoms with Crippen molar-refractivity contribution in [3.63, 3.8) is 0 Å². The summed E-state index contributed by atoms with van der Waals surface area (Å²) in [6, 6.07) is 17.9. The molecule has 0 atom stereocenters. The van der Waals surface area contributed by atoms with Gasteiger partial charge < -0.3 is 41.6 Å². The average Bonchev–Trinajstić information content (AvgIpc) is 3.14. The van der Waals surface area contributed by atoms with Gasteiger partial charge in [0.25, 0.3) is 0 Å². The standard InChI is InChI=1S/C33H22ClN9O12S4.2H3N.2Na/c34-31-37-32(35)39-33(38-31)36-24-8-9-27(22-13-16(56(44,45)46)5-6-20(22)24)41-40-25-10-11-26(19-4-2-1-3-18(19)25)42-43-30-23-14-17(57(47,48)49)15-29(59(53,54)55)21(23)7-12-28(30)58(50,51)52;;;;/h1-15H,(H,44,45,46)(H,47,48,49)(H,50,51,52)(H,53,54,55)(H3,35,36,37,38,39);2*1H3;;/q;;;2*+1/p-2. The number of azo groups is 2. The van der Waals surface area contributed by atoms with Crippen LogP contribution in [0.4, 0.5) is 40.3 Å². The molecule has 0 unspecified atom stereocenters. The van der Waals surface area contributed by atoms with E-state index >= 15 is 0 Å². The van der Waals surface area contributed by atoms with Crippen molar-refractivity contribution in [2.24, 2.45) is 20.5 Å². The molecule has 0 spiro atoms. The van der Waals surface area contributed by atoms with Gasteiger partial charge in [-0.05, 0) is 66.2 Å². The van der Waals surface area contributed by atoms with Crippen LogP contribution in [-0.4, -0.2) is 66.8 Å². The molecule has 1 aromatic heterocycles. The van der Waals surface area contributed by atoms with Crippen LogP contribution in [0.15, 0.2) is 131 Å². The van der Waals surface area contributed by atoms with Crippen LogP contribution in [0.2, 0.25) is 5.28 Å². The maximum Gasteiger partial charge on any atom is 1.00 e. The maximum atomic E-state index is 12.3. The van der Waals surface area contributed by atoms with Gasteiger partial charge in [-0.25, -0.2) is 33.7 Å². The van der Waals surface area contributed by atoms with Crippen LogP contribution in [0.25, 0.3) is 32.3 Å². The Morgan fingerprint density at radius 3 is 1.56 bits per heavy atom. The third kappa shape index (κ3) is 11.5. The molecule has 0 amide bonds. The second kappa shape index (κ2) is 19.9. The Hall–Kier alpha value is -4.24. The van der Waals surface area contributed by atoms with Crippen molar-refractivity contribution in [3.05, 3.63) is 96.3 Å². The van der Waals surface area contributed by atoms with Crippen molar-refractivity contribution in [2.45, 2.75) is 19.6 Å². The predicted molar refractivity (Wildman–Crippen MR) is 217 cm³/mol. The van der Waals surface area contributed by atoms with Crippen LogP contribution in [0.5, 0.6) is 0 Å². The number of benzene rings is 6. The number of hydrogen-bond acceptors (Lipinski definition) is 21. The average molecular weight is 978 g/mol. The number of fused-ring (bicyclic) bond motifs is 3. The molecule has 0 aliphatic rings. The third-order valence-electron chi connectivity index (χ3n) is 8.36. The van der Waals surface area contributed by atoms with E-state index in [0.29, 0.717) is 40.0 Å². The fourth-order valence-corrected chi connectivity index (χ4v) is 8.46. The van der Waals surface area contributed by atoms with E-state index in [1.807, 2.05) is 0 Å². The first-order valence-electron chi connectivity index (χ1n) is 15.9. The third-order valence-corrected chi connectivity index (χ3v) is 11.9. The number of anilines is 3. The van der Waals surface area contributed by atoms with Gasteiger partial charge in [0.2, 0.25) is 17.2 Å². The van der Waals surface area contributed by atoms with Gasteiger partial charge >= 0.3 is 59.1 Å². The molecule has 0 aliphatic carbocycles. The Morgan fingerprint density at radius 2 is 1.02 bits per heavy atom. The van der Waals surface area contributed by atoms with Gasteiger partial charge in [0.15, 0.2) is 0 Å². The Morgan fingerprint density at radius 1 is 0.508 bits per heavy atom. The normalized spacial score (nSPS) is 12.1. The number of aromatic nitrogens is 3. The number of nitrogens with zero attached hydrogens (tertiary/aromatic N) is 7. The van der Waals surface area contributed by atoms with Gasteiger partial charge in [-0.1, -0.05) is 36.4 Å². The van der Waals surface area contributed by atoms with Gasteiger partial charge in [-0.2, -0.15) is 15.0 Å². The molecule has 0 radical (unpaired) electrons. The van der Waals surface area contributed by atoms with Crippen LogP contribution in [0.3, 0.4) is 0 Å². The van der Waals surface area contributed by atoms with E-state index < -0.39 is 76.5 Å². The van der Waals surface area contributed by atoms with E-state index in [1.165, 1.54) is 30.3 Å². The molecule has 1 heterocycles. The van der Waals surface area contributed by atoms with E-state index in [9.17, 15) is 51.9 Å². The molecule has 0 saturated heterocycles. The van der Waals surface area contributed by atoms with Crippen molar-refractivity contribution in [2.75, 3.05) is 11.1 Å². The summed E-state index contributed by atoms with van der Waals surface area (Å²) in [6.07, 6.45) is 0. The summed E-state index contributed by atoms with van der Waals surface area (Å²) in [7, 11) is -21.3. The van der Waals surface area contributed by atoms with Crippen molar-refractivity contribution in [1.82, 2.24) is 27.3 Å². The van der Waals surface area contributed by atoms with Crippen molar-refractivity contribution < 1.29 is 111 Å². The summed E-state index contributed by atoms with van der Waals surface area (Å²) >= 11 is 5.90. The molecule has 0 fully saturated rings. The molecule has 30 heteroatoms. The Bertz CT molecular complexity index is 3460. The van der Waals surface area contributed by atoms with Gasteiger partial charge in [0.05, 0.1) is 36.6 Å². The smallest absolute Gasteiger partial charge is 0.744 e. The monoisotopic (exact) mass is 977 g/mol. The van der Waals surface area contributed by atoms with Crippen LogP contribution < -0.4 is 82.5 Å². The molecule has 7 rings (SSSR count). The summed E-state index contributed by atoms with van der Waals surface area (Å²) in [4.78, 5) is 7.54. The Balaban J connectivity index is 0.00000264. The van der Waals surface area contributed by atoms with Gasteiger partial charge in [-0.3, -0.25) is 0 Å². The minimum Gasteiger partial charge on any atom is -0.744 e. The molecular formula is C33H26ClN11Na2O12S4. The molecule has 7 aromatic rings. The minimum absolute atomic E-state index is 0. The molecule has 11 N–H and O–H groups in total. The molecule has 0 bridgehead atoms. The molecule has 0 saturated carbocycles. The second-order valence-corrected chi connectivity index (χ2v) is 17.8. The van der Waals surface area contributed by atoms with E-state index in [1.54, 1.807) is 24.3 Å². The van der Waals surface area contributed by atoms with Gasteiger partial charge in [0.1, 0.15) is 46.2 Å². The summed E-state index contributed by atoms with van der Waals surface area (Å²) in [5.41, 5.74) is 5.42. The first-order valence-corrected chi connectivity index (χ1v) is 21.9. The topological polar surface area (TPSA) is 428 Å². The number of nitrogens with one attached hydrogen (secondary N) is 1. The number of halogens is 1. The zero-order valence-electron chi connectivity index (χ0n) is 32.8. The molecular weight excluding hydrogens is 952 g/mol.